The molecule has 196 valence electrons. The highest BCUT2D eigenvalue weighted by molar-refractivity contribution is 6.07. The van der Waals surface area contributed by atoms with Crippen LogP contribution in [0, 0.1) is 11.7 Å². The van der Waals surface area contributed by atoms with Gasteiger partial charge in [0.1, 0.15) is 5.82 Å². The second-order valence-electron chi connectivity index (χ2n) is 9.78. The maximum absolute atomic E-state index is 13.8. The largest absolute Gasteiger partial charge is 0.453 e. The minimum Gasteiger partial charge on any atom is -0.453 e. The number of guanidine groups is 1. The number of methoxy groups -OCH3 is 1. The number of halogens is 1. The van der Waals surface area contributed by atoms with Gasteiger partial charge >= 0.3 is 6.09 Å². The van der Waals surface area contributed by atoms with E-state index in [4.69, 9.17) is 10.5 Å². The highest BCUT2D eigenvalue weighted by Crippen LogP contribution is 2.39. The van der Waals surface area contributed by atoms with Crippen LogP contribution >= 0.6 is 0 Å². The lowest BCUT2D eigenvalue weighted by Crippen LogP contribution is -2.50. The third-order valence-electron chi connectivity index (χ3n) is 6.72. The molecule has 0 saturated carbocycles. The van der Waals surface area contributed by atoms with Gasteiger partial charge in [0, 0.05) is 31.7 Å². The fourth-order valence-electron chi connectivity index (χ4n) is 4.93. The number of piperazine rings is 1. The van der Waals surface area contributed by atoms with Gasteiger partial charge in [0.05, 0.1) is 13.7 Å². The zero-order chi connectivity index (χ0) is 26.7. The smallest absolute Gasteiger partial charge is 0.409 e. The van der Waals surface area contributed by atoms with Crippen LogP contribution in [0.25, 0.3) is 0 Å². The predicted octanol–water partition coefficient (Wildman–Crippen LogP) is 2.95. The van der Waals surface area contributed by atoms with Crippen LogP contribution in [0.15, 0.2) is 53.5 Å². The zero-order valence-electron chi connectivity index (χ0n) is 21.3. The SMILES string of the molecule is COC(=O)N1CCN(C(=O)c2cccc(CN3C(=O)C(CC(C)C)(c4ccc(F)cc4)N=C3N)c2)CC1. The third kappa shape index (κ3) is 5.28. The molecule has 37 heavy (non-hydrogen) atoms. The van der Waals surface area contributed by atoms with Crippen molar-refractivity contribution in [2.45, 2.75) is 32.4 Å². The number of carbonyl (C=O) groups excluding carboxylic acids is 3. The molecule has 0 aromatic heterocycles. The van der Waals surface area contributed by atoms with Crippen molar-refractivity contribution in [1.29, 1.82) is 0 Å². The number of carbonyl (C=O) groups is 3. The molecule has 0 spiro atoms. The summed E-state index contributed by atoms with van der Waals surface area (Å²) in [5.41, 5.74) is 6.84. The molecule has 2 aromatic rings. The average molecular weight is 510 g/mol. The topological polar surface area (TPSA) is 109 Å². The molecule has 2 N–H and O–H groups in total. The summed E-state index contributed by atoms with van der Waals surface area (Å²) >= 11 is 0. The van der Waals surface area contributed by atoms with Gasteiger partial charge in [-0.25, -0.2) is 14.2 Å². The number of hydrogen-bond acceptors (Lipinski definition) is 6. The fourth-order valence-corrected chi connectivity index (χ4v) is 4.93. The van der Waals surface area contributed by atoms with E-state index in [9.17, 15) is 18.8 Å². The van der Waals surface area contributed by atoms with E-state index in [1.165, 1.54) is 24.1 Å². The van der Waals surface area contributed by atoms with Gasteiger partial charge in [-0.15, -0.1) is 0 Å². The fraction of sp³-hybridized carbons (Fsp3) is 0.407. The van der Waals surface area contributed by atoms with Gasteiger partial charge in [0.25, 0.3) is 11.8 Å². The van der Waals surface area contributed by atoms with E-state index in [1.54, 1.807) is 40.1 Å². The minimum atomic E-state index is -1.22. The summed E-state index contributed by atoms with van der Waals surface area (Å²) in [5.74, 6) is -0.602. The Morgan fingerprint density at radius 2 is 1.73 bits per heavy atom. The van der Waals surface area contributed by atoms with E-state index < -0.39 is 17.4 Å². The highest BCUT2D eigenvalue weighted by atomic mass is 19.1. The Morgan fingerprint density at radius 1 is 1.08 bits per heavy atom. The van der Waals surface area contributed by atoms with Crippen molar-refractivity contribution in [3.8, 4) is 0 Å². The van der Waals surface area contributed by atoms with Gasteiger partial charge in [-0.05, 0) is 47.7 Å². The van der Waals surface area contributed by atoms with Crippen LogP contribution in [0.1, 0.15) is 41.8 Å². The third-order valence-corrected chi connectivity index (χ3v) is 6.72. The van der Waals surface area contributed by atoms with E-state index in [0.29, 0.717) is 43.7 Å². The van der Waals surface area contributed by atoms with Crippen LogP contribution in [0.4, 0.5) is 9.18 Å². The Balaban J connectivity index is 1.51. The van der Waals surface area contributed by atoms with Crippen molar-refractivity contribution >= 4 is 23.9 Å². The van der Waals surface area contributed by atoms with Crippen molar-refractivity contribution in [1.82, 2.24) is 14.7 Å². The summed E-state index contributed by atoms with van der Waals surface area (Å²) in [5, 5.41) is 0. The van der Waals surface area contributed by atoms with Crippen LogP contribution < -0.4 is 5.73 Å². The van der Waals surface area contributed by atoms with Gasteiger partial charge in [-0.3, -0.25) is 14.5 Å². The molecular weight excluding hydrogens is 477 g/mol. The minimum absolute atomic E-state index is 0.0886. The van der Waals surface area contributed by atoms with Gasteiger partial charge in [0.2, 0.25) is 0 Å². The first-order chi connectivity index (χ1) is 17.6. The van der Waals surface area contributed by atoms with Crippen molar-refractivity contribution in [3.63, 3.8) is 0 Å². The molecule has 4 rings (SSSR count). The molecule has 10 heteroatoms. The number of benzene rings is 2. The quantitative estimate of drug-likeness (QED) is 0.644. The summed E-state index contributed by atoms with van der Waals surface area (Å²) in [4.78, 5) is 47.9. The molecule has 2 aromatic carbocycles. The van der Waals surface area contributed by atoms with E-state index in [0.717, 1.165) is 5.56 Å². The Hall–Kier alpha value is -3.95. The molecule has 9 nitrogen and oxygen atoms in total. The van der Waals surface area contributed by atoms with Crippen molar-refractivity contribution in [2.24, 2.45) is 16.6 Å². The molecule has 2 aliphatic rings. The maximum Gasteiger partial charge on any atom is 0.409 e. The summed E-state index contributed by atoms with van der Waals surface area (Å²) in [6.45, 7) is 5.73. The number of ether oxygens (including phenoxy) is 1. The van der Waals surface area contributed by atoms with Crippen LogP contribution in [0.3, 0.4) is 0 Å². The summed E-state index contributed by atoms with van der Waals surface area (Å²) in [6.07, 6.45) is 0.0166. The number of nitrogens with zero attached hydrogens (tertiary/aromatic N) is 4. The lowest BCUT2D eigenvalue weighted by molar-refractivity contribution is -0.132. The first kappa shape index (κ1) is 26.1. The highest BCUT2D eigenvalue weighted by Gasteiger charge is 2.49. The summed E-state index contributed by atoms with van der Waals surface area (Å²) in [6, 6.07) is 12.9. The Bertz CT molecular complexity index is 1210. The second kappa shape index (κ2) is 10.6. The Labute approximate surface area is 215 Å². The Morgan fingerprint density at radius 3 is 2.35 bits per heavy atom. The number of hydrogen-bond donors (Lipinski definition) is 1. The molecule has 2 aliphatic heterocycles. The summed E-state index contributed by atoms with van der Waals surface area (Å²) < 4.78 is 18.3. The van der Waals surface area contributed by atoms with Crippen molar-refractivity contribution in [3.05, 3.63) is 71.0 Å². The van der Waals surface area contributed by atoms with Crippen LogP contribution in [-0.2, 0) is 21.6 Å². The molecule has 0 radical (unpaired) electrons. The molecule has 0 bridgehead atoms. The molecule has 1 fully saturated rings. The van der Waals surface area contributed by atoms with Gasteiger partial charge in [-0.1, -0.05) is 38.1 Å². The molecular formula is C27H32FN5O4. The lowest BCUT2D eigenvalue weighted by Gasteiger charge is -2.34. The standard InChI is InChI=1S/C27H32FN5O4/c1-18(2)16-27(21-7-9-22(28)10-8-21)24(35)33(25(29)30-27)17-19-5-4-6-20(15-19)23(34)31-11-13-32(14-12-31)26(36)37-3/h4-10,15,18H,11-14,16-17H2,1-3H3,(H2,29,30). The molecule has 0 aliphatic carbocycles. The van der Waals surface area contributed by atoms with Crippen molar-refractivity contribution < 1.29 is 23.5 Å². The average Bonchev–Trinajstić information content (AvgIpc) is 3.12. The first-order valence-electron chi connectivity index (χ1n) is 12.3. The molecule has 1 saturated heterocycles. The molecule has 2 heterocycles. The lowest BCUT2D eigenvalue weighted by atomic mass is 9.82. The number of rotatable bonds is 6. The normalized spacial score (nSPS) is 19.9. The Kier molecular flexibility index (Phi) is 7.47. The number of amides is 3. The van der Waals surface area contributed by atoms with Gasteiger partial charge in [0.15, 0.2) is 11.5 Å². The molecule has 1 atom stereocenters. The van der Waals surface area contributed by atoms with Crippen molar-refractivity contribution in [2.75, 3.05) is 33.3 Å². The number of nitrogens with two attached hydrogens (primary N) is 1. The number of aliphatic imine (C=N–C) groups is 1. The molecule has 3 amide bonds. The van der Waals surface area contributed by atoms with E-state index in [1.807, 2.05) is 19.9 Å². The predicted molar refractivity (Wildman–Crippen MR) is 136 cm³/mol. The second-order valence-corrected chi connectivity index (χ2v) is 9.78. The maximum atomic E-state index is 13.8. The van der Waals surface area contributed by atoms with Crippen LogP contribution in [0.2, 0.25) is 0 Å². The van der Waals surface area contributed by atoms with Gasteiger partial charge in [-0.2, -0.15) is 0 Å². The first-order valence-corrected chi connectivity index (χ1v) is 12.3. The van der Waals surface area contributed by atoms with E-state index in [-0.39, 0.29) is 30.2 Å². The zero-order valence-corrected chi connectivity index (χ0v) is 21.3. The van der Waals surface area contributed by atoms with Crippen LogP contribution in [0.5, 0.6) is 0 Å². The van der Waals surface area contributed by atoms with Gasteiger partial charge < -0.3 is 20.3 Å². The van der Waals surface area contributed by atoms with E-state index in [2.05, 4.69) is 4.99 Å². The van der Waals surface area contributed by atoms with E-state index >= 15 is 0 Å². The van der Waals surface area contributed by atoms with Crippen LogP contribution in [-0.4, -0.2) is 71.9 Å². The monoisotopic (exact) mass is 509 g/mol. The summed E-state index contributed by atoms with van der Waals surface area (Å²) in [7, 11) is 1.33. The molecule has 1 unspecified atom stereocenters.